The first kappa shape index (κ1) is 14.0. The van der Waals surface area contributed by atoms with E-state index in [0.717, 1.165) is 32.7 Å². The lowest BCUT2D eigenvalue weighted by Gasteiger charge is -2.27. The van der Waals surface area contributed by atoms with Gasteiger partial charge in [-0.05, 0) is 38.3 Å². The van der Waals surface area contributed by atoms with Crippen molar-refractivity contribution in [2.75, 3.05) is 33.4 Å². The van der Waals surface area contributed by atoms with Gasteiger partial charge in [0.1, 0.15) is 0 Å². The van der Waals surface area contributed by atoms with E-state index in [1.807, 2.05) is 0 Å². The molecule has 0 spiro atoms. The first-order valence-electron chi connectivity index (χ1n) is 7.65. The van der Waals surface area contributed by atoms with Crippen LogP contribution in [0.4, 0.5) is 0 Å². The van der Waals surface area contributed by atoms with Gasteiger partial charge in [-0.3, -0.25) is 9.58 Å². The average Bonchev–Trinajstić information content (AvgIpc) is 2.76. The van der Waals surface area contributed by atoms with Crippen LogP contribution in [0.25, 0.3) is 0 Å². The van der Waals surface area contributed by atoms with Crippen LogP contribution in [0.1, 0.15) is 29.8 Å². The molecule has 5 nitrogen and oxygen atoms in total. The molecule has 1 unspecified atom stereocenters. The molecule has 20 heavy (non-hydrogen) atoms. The topological polar surface area (TPSA) is 39.5 Å². The standard InChI is InChI=1S/C15H25N3O2/c1-17(9-12-11-19-7-8-20-12)10-15-13-5-3-4-6-14(13)16-18(15)2/h12H,3-11H2,1-2H3. The molecule has 0 amide bonds. The van der Waals surface area contributed by atoms with Crippen LogP contribution in [0, 0.1) is 0 Å². The minimum absolute atomic E-state index is 0.206. The minimum atomic E-state index is 0.206. The van der Waals surface area contributed by atoms with Crippen molar-refractivity contribution in [2.24, 2.45) is 7.05 Å². The van der Waals surface area contributed by atoms with Gasteiger partial charge in [-0.2, -0.15) is 5.10 Å². The van der Waals surface area contributed by atoms with Crippen LogP contribution in [0.2, 0.25) is 0 Å². The Morgan fingerprint density at radius 3 is 2.95 bits per heavy atom. The molecule has 1 aliphatic carbocycles. The lowest BCUT2D eigenvalue weighted by atomic mass is 9.96. The zero-order valence-corrected chi connectivity index (χ0v) is 12.6. The van der Waals surface area contributed by atoms with Gasteiger partial charge in [-0.15, -0.1) is 0 Å². The van der Waals surface area contributed by atoms with Gasteiger partial charge in [0.15, 0.2) is 0 Å². The molecule has 0 saturated carbocycles. The van der Waals surface area contributed by atoms with Gasteiger partial charge in [0.2, 0.25) is 0 Å². The summed E-state index contributed by atoms with van der Waals surface area (Å²) in [5.41, 5.74) is 4.18. The first-order valence-corrected chi connectivity index (χ1v) is 7.65. The second-order valence-electron chi connectivity index (χ2n) is 5.97. The molecular formula is C15H25N3O2. The van der Waals surface area contributed by atoms with Gasteiger partial charge in [-0.1, -0.05) is 0 Å². The average molecular weight is 279 g/mol. The van der Waals surface area contributed by atoms with Crippen LogP contribution in [-0.4, -0.2) is 54.2 Å². The van der Waals surface area contributed by atoms with E-state index in [4.69, 9.17) is 9.47 Å². The summed E-state index contributed by atoms with van der Waals surface area (Å²) in [7, 11) is 4.22. The maximum Gasteiger partial charge on any atom is 0.0936 e. The zero-order chi connectivity index (χ0) is 13.9. The third-order valence-electron chi connectivity index (χ3n) is 4.27. The number of hydrogen-bond acceptors (Lipinski definition) is 4. The van der Waals surface area contributed by atoms with Crippen molar-refractivity contribution in [2.45, 2.75) is 38.3 Å². The van der Waals surface area contributed by atoms with E-state index in [1.165, 1.54) is 36.2 Å². The summed E-state index contributed by atoms with van der Waals surface area (Å²) in [4.78, 5) is 2.32. The largest absolute Gasteiger partial charge is 0.376 e. The van der Waals surface area contributed by atoms with Gasteiger partial charge in [0.25, 0.3) is 0 Å². The number of fused-ring (bicyclic) bond motifs is 1. The molecule has 1 saturated heterocycles. The molecule has 1 aromatic rings. The van der Waals surface area contributed by atoms with Crippen LogP contribution in [0.5, 0.6) is 0 Å². The lowest BCUT2D eigenvalue weighted by Crippen LogP contribution is -2.38. The molecule has 3 rings (SSSR count). The highest BCUT2D eigenvalue weighted by atomic mass is 16.6. The van der Waals surface area contributed by atoms with Crippen molar-refractivity contribution < 1.29 is 9.47 Å². The minimum Gasteiger partial charge on any atom is -0.376 e. The summed E-state index contributed by atoms with van der Waals surface area (Å²) in [5.74, 6) is 0. The van der Waals surface area contributed by atoms with Gasteiger partial charge in [0, 0.05) is 20.1 Å². The van der Waals surface area contributed by atoms with E-state index >= 15 is 0 Å². The molecule has 0 radical (unpaired) electrons. The van der Waals surface area contributed by atoms with Crippen molar-refractivity contribution in [1.29, 1.82) is 0 Å². The molecule has 1 aliphatic heterocycles. The van der Waals surface area contributed by atoms with E-state index in [0.29, 0.717) is 6.61 Å². The normalized spacial score (nSPS) is 23.1. The predicted molar refractivity (Wildman–Crippen MR) is 76.7 cm³/mol. The van der Waals surface area contributed by atoms with Crippen LogP contribution >= 0.6 is 0 Å². The van der Waals surface area contributed by atoms with Crippen LogP contribution in [0.3, 0.4) is 0 Å². The molecule has 5 heteroatoms. The first-order chi connectivity index (χ1) is 9.74. The number of aryl methyl sites for hydroxylation is 2. The Morgan fingerprint density at radius 1 is 1.30 bits per heavy atom. The van der Waals surface area contributed by atoms with E-state index in [2.05, 4.69) is 28.8 Å². The fourth-order valence-corrected chi connectivity index (χ4v) is 3.25. The SMILES string of the molecule is CN(Cc1c2c(nn1C)CCCC2)CC1COCCO1. The lowest BCUT2D eigenvalue weighted by molar-refractivity contribution is -0.0964. The van der Waals surface area contributed by atoms with Crippen LogP contribution in [0.15, 0.2) is 0 Å². The van der Waals surface area contributed by atoms with E-state index in [-0.39, 0.29) is 6.10 Å². The Kier molecular flexibility index (Phi) is 4.38. The second-order valence-corrected chi connectivity index (χ2v) is 5.97. The van der Waals surface area contributed by atoms with Gasteiger partial charge < -0.3 is 9.47 Å². The van der Waals surface area contributed by atoms with Crippen molar-refractivity contribution in [3.05, 3.63) is 17.0 Å². The van der Waals surface area contributed by atoms with E-state index in [9.17, 15) is 0 Å². The molecule has 0 N–H and O–H groups in total. The van der Waals surface area contributed by atoms with Crippen LogP contribution < -0.4 is 0 Å². The van der Waals surface area contributed by atoms with Crippen molar-refractivity contribution in [1.82, 2.24) is 14.7 Å². The van der Waals surface area contributed by atoms with Crippen molar-refractivity contribution in [3.63, 3.8) is 0 Å². The van der Waals surface area contributed by atoms with Crippen molar-refractivity contribution in [3.8, 4) is 0 Å². The number of likely N-dealkylation sites (N-methyl/N-ethyl adjacent to an activating group) is 1. The number of rotatable bonds is 4. The highest BCUT2D eigenvalue weighted by Gasteiger charge is 2.22. The van der Waals surface area contributed by atoms with Gasteiger partial charge >= 0.3 is 0 Å². The Morgan fingerprint density at radius 2 is 2.15 bits per heavy atom. The number of ether oxygens (including phenoxy) is 2. The zero-order valence-electron chi connectivity index (χ0n) is 12.6. The monoisotopic (exact) mass is 279 g/mol. The highest BCUT2D eigenvalue weighted by molar-refractivity contribution is 5.28. The van der Waals surface area contributed by atoms with Crippen molar-refractivity contribution >= 4 is 0 Å². The summed E-state index contributed by atoms with van der Waals surface area (Å²) in [6.45, 7) is 4.03. The third kappa shape index (κ3) is 3.05. The van der Waals surface area contributed by atoms with Gasteiger partial charge in [0.05, 0.1) is 37.3 Å². The molecular weight excluding hydrogens is 254 g/mol. The quantitative estimate of drug-likeness (QED) is 0.829. The number of aromatic nitrogens is 2. The molecule has 112 valence electrons. The summed E-state index contributed by atoms with van der Waals surface area (Å²) >= 11 is 0. The molecule has 0 bridgehead atoms. The Bertz CT molecular complexity index is 452. The van der Waals surface area contributed by atoms with Gasteiger partial charge in [-0.25, -0.2) is 0 Å². The number of hydrogen-bond donors (Lipinski definition) is 0. The Hall–Kier alpha value is -0.910. The fraction of sp³-hybridized carbons (Fsp3) is 0.800. The molecule has 1 atom stereocenters. The molecule has 2 aliphatic rings. The van der Waals surface area contributed by atoms with E-state index < -0.39 is 0 Å². The molecule has 2 heterocycles. The highest BCUT2D eigenvalue weighted by Crippen LogP contribution is 2.24. The summed E-state index contributed by atoms with van der Waals surface area (Å²) < 4.78 is 13.3. The number of nitrogens with zero attached hydrogens (tertiary/aromatic N) is 3. The third-order valence-corrected chi connectivity index (χ3v) is 4.27. The molecule has 1 aromatic heterocycles. The maximum atomic E-state index is 5.72. The fourth-order valence-electron chi connectivity index (χ4n) is 3.25. The second kappa shape index (κ2) is 6.24. The smallest absolute Gasteiger partial charge is 0.0936 e. The summed E-state index contributed by atoms with van der Waals surface area (Å²) in [6, 6.07) is 0. The van der Waals surface area contributed by atoms with E-state index in [1.54, 1.807) is 0 Å². The Balaban J connectivity index is 1.63. The van der Waals surface area contributed by atoms with Crippen LogP contribution in [-0.2, 0) is 35.9 Å². The molecule has 1 fully saturated rings. The Labute approximate surface area is 120 Å². The summed E-state index contributed by atoms with van der Waals surface area (Å²) in [6.07, 6.45) is 5.13. The molecule has 0 aromatic carbocycles. The maximum absolute atomic E-state index is 5.72. The summed E-state index contributed by atoms with van der Waals surface area (Å²) in [5, 5.41) is 4.69. The predicted octanol–water partition coefficient (Wildman–Crippen LogP) is 1.15.